The lowest BCUT2D eigenvalue weighted by Crippen LogP contribution is -2.29. The third kappa shape index (κ3) is 3.37. The van der Waals surface area contributed by atoms with Crippen molar-refractivity contribution >= 4 is 11.4 Å². The maximum Gasteiger partial charge on any atom is 0.0426 e. The Labute approximate surface area is 135 Å². The highest BCUT2D eigenvalue weighted by Gasteiger charge is 2.22. The van der Waals surface area contributed by atoms with Gasteiger partial charge >= 0.3 is 0 Å². The number of nitrogens with zero attached hydrogens (tertiary/aromatic N) is 2. The van der Waals surface area contributed by atoms with Gasteiger partial charge in [0.25, 0.3) is 0 Å². The van der Waals surface area contributed by atoms with E-state index in [0.717, 1.165) is 13.1 Å². The fourth-order valence-electron chi connectivity index (χ4n) is 3.00. The van der Waals surface area contributed by atoms with Crippen molar-refractivity contribution in [1.29, 1.82) is 0 Å². The third-order valence-corrected chi connectivity index (χ3v) is 4.90. The lowest BCUT2D eigenvalue weighted by atomic mass is 9.87. The monoisotopic (exact) mass is 296 g/mol. The minimum Gasteiger partial charge on any atom is -0.348 e. The molecule has 0 fully saturated rings. The topological polar surface area (TPSA) is 6.48 Å². The average Bonchev–Trinajstić information content (AvgIpc) is 2.47. The Kier molecular flexibility index (Phi) is 3.80. The molecule has 118 valence electrons. The zero-order valence-electron chi connectivity index (χ0n) is 14.3. The molecule has 0 aliphatic carbocycles. The number of rotatable bonds is 2. The minimum absolute atomic E-state index is 0.329. The van der Waals surface area contributed by atoms with Crippen molar-refractivity contribution in [3.63, 3.8) is 0 Å². The van der Waals surface area contributed by atoms with Crippen molar-refractivity contribution in [3.8, 4) is 0 Å². The molecule has 0 bridgehead atoms. The lowest BCUT2D eigenvalue weighted by molar-refractivity contribution is 0.426. The second-order valence-corrected chi connectivity index (χ2v) is 8.02. The van der Waals surface area contributed by atoms with Crippen LogP contribution in [0.2, 0.25) is 0 Å². The molecule has 2 nitrogen and oxygen atoms in total. The third-order valence-electron chi connectivity index (χ3n) is 4.90. The van der Waals surface area contributed by atoms with Gasteiger partial charge in [0, 0.05) is 36.9 Å². The molecule has 0 saturated heterocycles. The standard InChI is InChI=1S/C20H28N2/c1-19(2)8-12-21(13-9-19)17-6-5-7-18(16-17)22-14-10-20(3,4)11-15-22/h5-8,10,12,14,16H,9,11,13,15H2,1-4H3. The summed E-state index contributed by atoms with van der Waals surface area (Å²) in [5.74, 6) is 0. The molecule has 22 heavy (non-hydrogen) atoms. The smallest absolute Gasteiger partial charge is 0.0426 e. The molecule has 2 aliphatic rings. The molecule has 0 atom stereocenters. The van der Waals surface area contributed by atoms with Gasteiger partial charge in [-0.25, -0.2) is 0 Å². The SMILES string of the molecule is CC1(C)C=CN(c2cccc(N3C=CC(C)(C)CC3)c2)CC1. The molecular weight excluding hydrogens is 268 g/mol. The summed E-state index contributed by atoms with van der Waals surface area (Å²) in [5, 5.41) is 0. The second-order valence-electron chi connectivity index (χ2n) is 8.02. The Hall–Kier alpha value is -1.70. The molecule has 0 spiro atoms. The molecule has 0 saturated carbocycles. The highest BCUT2D eigenvalue weighted by molar-refractivity contribution is 5.62. The second kappa shape index (κ2) is 5.49. The molecule has 2 heteroatoms. The number of allylic oxidation sites excluding steroid dienone is 2. The lowest BCUT2D eigenvalue weighted by Gasteiger charge is -2.34. The summed E-state index contributed by atoms with van der Waals surface area (Å²) < 4.78 is 0. The molecule has 2 aliphatic heterocycles. The van der Waals surface area contributed by atoms with Crippen LogP contribution in [0.15, 0.2) is 48.8 Å². The number of anilines is 2. The Morgan fingerprint density at radius 2 is 1.23 bits per heavy atom. The first-order valence-corrected chi connectivity index (χ1v) is 8.37. The number of hydrogen-bond acceptors (Lipinski definition) is 2. The molecule has 1 aromatic rings. The normalized spacial score (nSPS) is 22.9. The first-order chi connectivity index (χ1) is 10.3. The van der Waals surface area contributed by atoms with Crippen LogP contribution in [0.1, 0.15) is 40.5 Å². The van der Waals surface area contributed by atoms with Gasteiger partial charge in [-0.2, -0.15) is 0 Å². The van der Waals surface area contributed by atoms with Gasteiger partial charge in [0.1, 0.15) is 0 Å². The van der Waals surface area contributed by atoms with Gasteiger partial charge in [0.05, 0.1) is 0 Å². The van der Waals surface area contributed by atoms with E-state index in [1.54, 1.807) is 0 Å². The predicted octanol–water partition coefficient (Wildman–Crippen LogP) is 5.19. The van der Waals surface area contributed by atoms with Crippen molar-refractivity contribution in [2.45, 2.75) is 40.5 Å². The largest absolute Gasteiger partial charge is 0.348 e. The van der Waals surface area contributed by atoms with Crippen LogP contribution in [-0.2, 0) is 0 Å². The molecule has 0 aromatic heterocycles. The number of benzene rings is 1. The van der Waals surface area contributed by atoms with Gasteiger partial charge < -0.3 is 9.80 Å². The Morgan fingerprint density at radius 1 is 0.773 bits per heavy atom. The molecule has 2 heterocycles. The summed E-state index contributed by atoms with van der Waals surface area (Å²) in [5.41, 5.74) is 3.25. The summed E-state index contributed by atoms with van der Waals surface area (Å²) in [6.07, 6.45) is 11.5. The highest BCUT2D eigenvalue weighted by Crippen LogP contribution is 2.33. The highest BCUT2D eigenvalue weighted by atomic mass is 15.1. The fraction of sp³-hybridized carbons (Fsp3) is 0.500. The van der Waals surface area contributed by atoms with E-state index in [4.69, 9.17) is 0 Å². The molecule has 0 N–H and O–H groups in total. The molecular formula is C20H28N2. The zero-order chi connectivity index (χ0) is 15.8. The van der Waals surface area contributed by atoms with Gasteiger partial charge in [-0.05, 0) is 41.9 Å². The zero-order valence-corrected chi connectivity index (χ0v) is 14.3. The Balaban J connectivity index is 1.79. The van der Waals surface area contributed by atoms with Gasteiger partial charge in [-0.3, -0.25) is 0 Å². The van der Waals surface area contributed by atoms with E-state index in [9.17, 15) is 0 Å². The van der Waals surface area contributed by atoms with Gasteiger partial charge in [-0.1, -0.05) is 45.9 Å². The van der Waals surface area contributed by atoms with E-state index < -0.39 is 0 Å². The van der Waals surface area contributed by atoms with Crippen LogP contribution >= 0.6 is 0 Å². The summed E-state index contributed by atoms with van der Waals surface area (Å²) in [6.45, 7) is 11.4. The first kappa shape index (κ1) is 15.2. The summed E-state index contributed by atoms with van der Waals surface area (Å²) in [7, 11) is 0. The van der Waals surface area contributed by atoms with Crippen LogP contribution < -0.4 is 9.80 Å². The van der Waals surface area contributed by atoms with E-state index in [2.05, 4.69) is 86.3 Å². The van der Waals surface area contributed by atoms with Crippen LogP contribution in [0.4, 0.5) is 11.4 Å². The maximum atomic E-state index is 2.37. The van der Waals surface area contributed by atoms with Crippen LogP contribution in [0.5, 0.6) is 0 Å². The quantitative estimate of drug-likeness (QED) is 0.741. The average molecular weight is 296 g/mol. The van der Waals surface area contributed by atoms with Crippen molar-refractivity contribution in [3.05, 3.63) is 48.8 Å². The summed E-state index contributed by atoms with van der Waals surface area (Å²) in [6, 6.07) is 8.91. The summed E-state index contributed by atoms with van der Waals surface area (Å²) in [4.78, 5) is 4.73. The Morgan fingerprint density at radius 3 is 1.59 bits per heavy atom. The molecule has 0 radical (unpaired) electrons. The fourth-order valence-corrected chi connectivity index (χ4v) is 3.00. The molecule has 0 amide bonds. The van der Waals surface area contributed by atoms with E-state index in [1.165, 1.54) is 24.2 Å². The first-order valence-electron chi connectivity index (χ1n) is 8.37. The van der Waals surface area contributed by atoms with Gasteiger partial charge in [-0.15, -0.1) is 0 Å². The molecule has 3 rings (SSSR count). The summed E-state index contributed by atoms with van der Waals surface area (Å²) >= 11 is 0. The van der Waals surface area contributed by atoms with E-state index >= 15 is 0 Å². The van der Waals surface area contributed by atoms with E-state index in [1.807, 2.05) is 0 Å². The van der Waals surface area contributed by atoms with Gasteiger partial charge in [0.2, 0.25) is 0 Å². The Bertz CT molecular complexity index is 546. The predicted molar refractivity (Wildman–Crippen MR) is 96.2 cm³/mol. The molecule has 0 unspecified atom stereocenters. The maximum absolute atomic E-state index is 2.37. The minimum atomic E-state index is 0.329. The van der Waals surface area contributed by atoms with Crippen molar-refractivity contribution in [1.82, 2.24) is 0 Å². The van der Waals surface area contributed by atoms with Crippen LogP contribution in [0.25, 0.3) is 0 Å². The van der Waals surface area contributed by atoms with Crippen molar-refractivity contribution in [2.24, 2.45) is 10.8 Å². The van der Waals surface area contributed by atoms with Crippen LogP contribution in [-0.4, -0.2) is 13.1 Å². The molecule has 1 aromatic carbocycles. The van der Waals surface area contributed by atoms with E-state index in [-0.39, 0.29) is 0 Å². The van der Waals surface area contributed by atoms with Crippen molar-refractivity contribution < 1.29 is 0 Å². The van der Waals surface area contributed by atoms with Crippen LogP contribution in [0, 0.1) is 10.8 Å². The number of hydrogen-bond donors (Lipinski definition) is 0. The van der Waals surface area contributed by atoms with Crippen molar-refractivity contribution in [2.75, 3.05) is 22.9 Å². The van der Waals surface area contributed by atoms with E-state index in [0.29, 0.717) is 10.8 Å². The van der Waals surface area contributed by atoms with Crippen LogP contribution in [0.3, 0.4) is 0 Å². The van der Waals surface area contributed by atoms with Gasteiger partial charge in [0.15, 0.2) is 0 Å².